The first-order valence-electron chi connectivity index (χ1n) is 7.99. The van der Waals surface area contributed by atoms with Crippen LogP contribution in [0.4, 0.5) is 23.1 Å². The number of rotatable bonds is 4. The maximum Gasteiger partial charge on any atom is 0.249 e. The zero-order valence-corrected chi connectivity index (χ0v) is 15.5. The molecule has 9 nitrogen and oxygen atoms in total. The van der Waals surface area contributed by atoms with Crippen LogP contribution in [0.1, 0.15) is 13.3 Å². The summed E-state index contributed by atoms with van der Waals surface area (Å²) in [7, 11) is -0.199. The standard InChI is InChI=1S/C16H20N6O3S/c1-4-12-15(23)22(3)13-9-18-16(20-14(13)21(12)2)19-10-5-7-11(8-6-10)26(17,24)25/h5-9,12H,4H2,1-3H3,(H2,17,24,25)(H,18,19,20). The summed E-state index contributed by atoms with van der Waals surface area (Å²) in [4.78, 5) is 24.6. The third kappa shape index (κ3) is 3.20. The highest BCUT2D eigenvalue weighted by Gasteiger charge is 2.34. The predicted octanol–water partition coefficient (Wildman–Crippen LogP) is 1.06. The van der Waals surface area contributed by atoms with E-state index in [9.17, 15) is 13.2 Å². The highest BCUT2D eigenvalue weighted by Crippen LogP contribution is 2.33. The van der Waals surface area contributed by atoms with E-state index in [4.69, 9.17) is 5.14 Å². The summed E-state index contributed by atoms with van der Waals surface area (Å²) in [6.07, 6.45) is 2.25. The number of aromatic nitrogens is 2. The maximum atomic E-state index is 12.4. The summed E-state index contributed by atoms with van der Waals surface area (Å²) in [5.41, 5.74) is 1.25. The lowest BCUT2D eigenvalue weighted by Crippen LogP contribution is -2.50. The molecular weight excluding hydrogens is 356 g/mol. The molecule has 138 valence electrons. The summed E-state index contributed by atoms with van der Waals surface area (Å²) in [5.74, 6) is 1.000. The van der Waals surface area contributed by atoms with Gasteiger partial charge in [-0.05, 0) is 30.7 Å². The quantitative estimate of drug-likeness (QED) is 0.818. The minimum Gasteiger partial charge on any atom is -0.346 e. The number of nitrogens with two attached hydrogens (primary N) is 1. The van der Waals surface area contributed by atoms with Crippen molar-refractivity contribution in [3.05, 3.63) is 30.5 Å². The molecule has 1 unspecified atom stereocenters. The van der Waals surface area contributed by atoms with E-state index in [0.717, 1.165) is 0 Å². The highest BCUT2D eigenvalue weighted by molar-refractivity contribution is 7.89. The van der Waals surface area contributed by atoms with E-state index in [1.807, 2.05) is 18.9 Å². The molecule has 1 aromatic heterocycles. The van der Waals surface area contributed by atoms with Crippen molar-refractivity contribution < 1.29 is 13.2 Å². The molecule has 0 saturated heterocycles. The van der Waals surface area contributed by atoms with Gasteiger partial charge in [0, 0.05) is 19.8 Å². The second-order valence-corrected chi connectivity index (χ2v) is 7.59. The zero-order chi connectivity index (χ0) is 19.1. The van der Waals surface area contributed by atoms with Gasteiger partial charge in [-0.25, -0.2) is 18.5 Å². The van der Waals surface area contributed by atoms with Gasteiger partial charge in [-0.2, -0.15) is 4.98 Å². The summed E-state index contributed by atoms with van der Waals surface area (Å²) in [6, 6.07) is 5.70. The van der Waals surface area contributed by atoms with Gasteiger partial charge < -0.3 is 15.1 Å². The fourth-order valence-electron chi connectivity index (χ4n) is 2.88. The summed E-state index contributed by atoms with van der Waals surface area (Å²) < 4.78 is 22.6. The van der Waals surface area contributed by atoms with Crippen LogP contribution >= 0.6 is 0 Å². The molecular formula is C16H20N6O3S. The Morgan fingerprint density at radius 2 is 1.88 bits per heavy atom. The van der Waals surface area contributed by atoms with Gasteiger partial charge in [0.15, 0.2) is 5.82 Å². The van der Waals surface area contributed by atoms with E-state index >= 15 is 0 Å². The molecule has 0 saturated carbocycles. The van der Waals surface area contributed by atoms with Gasteiger partial charge in [0.05, 0.1) is 11.1 Å². The molecule has 2 aromatic rings. The number of anilines is 4. The Morgan fingerprint density at radius 3 is 2.46 bits per heavy atom. The molecule has 0 aliphatic carbocycles. The predicted molar refractivity (Wildman–Crippen MR) is 99.0 cm³/mol. The highest BCUT2D eigenvalue weighted by atomic mass is 32.2. The number of likely N-dealkylation sites (N-methyl/N-ethyl adjacent to an activating group) is 2. The molecule has 3 rings (SSSR count). The van der Waals surface area contributed by atoms with Crippen LogP contribution in [0.25, 0.3) is 0 Å². The van der Waals surface area contributed by atoms with Gasteiger partial charge in [0.1, 0.15) is 11.7 Å². The molecule has 3 N–H and O–H groups in total. The van der Waals surface area contributed by atoms with Crippen LogP contribution in [0.2, 0.25) is 0 Å². The van der Waals surface area contributed by atoms with Crippen molar-refractivity contribution in [3.8, 4) is 0 Å². The minimum atomic E-state index is -3.74. The van der Waals surface area contributed by atoms with Crippen molar-refractivity contribution in [1.29, 1.82) is 0 Å². The maximum absolute atomic E-state index is 12.4. The summed E-state index contributed by atoms with van der Waals surface area (Å²) in [6.45, 7) is 1.95. The molecule has 1 atom stereocenters. The number of carbonyl (C=O) groups excluding carboxylic acids is 1. The number of benzene rings is 1. The van der Waals surface area contributed by atoms with Crippen molar-refractivity contribution in [2.45, 2.75) is 24.3 Å². The smallest absolute Gasteiger partial charge is 0.249 e. The fraction of sp³-hybridized carbons (Fsp3) is 0.312. The van der Waals surface area contributed by atoms with Crippen molar-refractivity contribution in [2.75, 3.05) is 29.2 Å². The van der Waals surface area contributed by atoms with Crippen molar-refractivity contribution in [1.82, 2.24) is 9.97 Å². The topological polar surface area (TPSA) is 122 Å². The molecule has 0 bridgehead atoms. The average molecular weight is 376 g/mol. The van der Waals surface area contributed by atoms with Crippen LogP contribution in [0.5, 0.6) is 0 Å². The van der Waals surface area contributed by atoms with Crippen molar-refractivity contribution >= 4 is 39.1 Å². The molecule has 1 aliphatic heterocycles. The number of amides is 1. The zero-order valence-electron chi connectivity index (χ0n) is 14.7. The van der Waals surface area contributed by atoms with E-state index < -0.39 is 10.0 Å². The molecule has 10 heteroatoms. The minimum absolute atomic E-state index is 0.00499. The van der Waals surface area contributed by atoms with Crippen LogP contribution < -0.4 is 20.3 Å². The SMILES string of the molecule is CCC1C(=O)N(C)c2cnc(Nc3ccc(S(N)(=O)=O)cc3)nc2N1C. The molecule has 0 radical (unpaired) electrons. The van der Waals surface area contributed by atoms with Crippen LogP contribution in [-0.4, -0.2) is 44.4 Å². The molecule has 0 spiro atoms. The largest absolute Gasteiger partial charge is 0.346 e. The Hall–Kier alpha value is -2.72. The first-order chi connectivity index (χ1) is 12.2. The van der Waals surface area contributed by atoms with Crippen LogP contribution in [0.3, 0.4) is 0 Å². The molecule has 1 aromatic carbocycles. The van der Waals surface area contributed by atoms with Gasteiger partial charge >= 0.3 is 0 Å². The molecule has 2 heterocycles. The van der Waals surface area contributed by atoms with Gasteiger partial charge in [-0.1, -0.05) is 6.92 Å². The van der Waals surface area contributed by atoms with Gasteiger partial charge in [-0.15, -0.1) is 0 Å². The molecule has 1 aliphatic rings. The molecule has 0 fully saturated rings. The first-order valence-corrected chi connectivity index (χ1v) is 9.54. The number of hydrogen-bond donors (Lipinski definition) is 2. The number of nitrogens with one attached hydrogen (secondary N) is 1. The fourth-order valence-corrected chi connectivity index (χ4v) is 3.40. The summed E-state index contributed by atoms with van der Waals surface area (Å²) >= 11 is 0. The Bertz CT molecular complexity index is 945. The number of nitrogens with zero attached hydrogens (tertiary/aromatic N) is 4. The van der Waals surface area contributed by atoms with E-state index in [2.05, 4.69) is 15.3 Å². The van der Waals surface area contributed by atoms with E-state index in [0.29, 0.717) is 29.6 Å². The number of primary sulfonamides is 1. The first kappa shape index (κ1) is 18.1. The lowest BCUT2D eigenvalue weighted by molar-refractivity contribution is -0.119. The van der Waals surface area contributed by atoms with Crippen molar-refractivity contribution in [3.63, 3.8) is 0 Å². The van der Waals surface area contributed by atoms with Crippen LogP contribution in [0, 0.1) is 0 Å². The van der Waals surface area contributed by atoms with E-state index in [1.54, 1.807) is 30.3 Å². The Balaban J connectivity index is 1.90. The van der Waals surface area contributed by atoms with E-state index in [-0.39, 0.29) is 16.8 Å². The molecule has 26 heavy (non-hydrogen) atoms. The van der Waals surface area contributed by atoms with E-state index in [1.165, 1.54) is 12.1 Å². The Kier molecular flexibility index (Phi) is 4.55. The van der Waals surface area contributed by atoms with Gasteiger partial charge in [0.25, 0.3) is 0 Å². The second-order valence-electron chi connectivity index (χ2n) is 6.03. The number of sulfonamides is 1. The number of fused-ring (bicyclic) bond motifs is 1. The summed E-state index contributed by atoms with van der Waals surface area (Å²) in [5, 5.41) is 8.11. The Labute approximate surface area is 151 Å². The van der Waals surface area contributed by atoms with Crippen LogP contribution in [0.15, 0.2) is 35.4 Å². The average Bonchev–Trinajstić information content (AvgIpc) is 2.60. The van der Waals surface area contributed by atoms with Gasteiger partial charge in [-0.3, -0.25) is 4.79 Å². The lowest BCUT2D eigenvalue weighted by atomic mass is 10.1. The van der Waals surface area contributed by atoms with Gasteiger partial charge in [0.2, 0.25) is 21.9 Å². The number of carbonyl (C=O) groups is 1. The third-order valence-corrected chi connectivity index (χ3v) is 5.28. The monoisotopic (exact) mass is 376 g/mol. The third-order valence-electron chi connectivity index (χ3n) is 4.35. The second kappa shape index (κ2) is 6.54. The Morgan fingerprint density at radius 1 is 1.23 bits per heavy atom. The number of hydrogen-bond acceptors (Lipinski definition) is 7. The normalized spacial score (nSPS) is 17.2. The lowest BCUT2D eigenvalue weighted by Gasteiger charge is -2.37. The van der Waals surface area contributed by atoms with Crippen molar-refractivity contribution in [2.24, 2.45) is 5.14 Å². The molecule has 1 amide bonds. The van der Waals surface area contributed by atoms with Crippen LogP contribution in [-0.2, 0) is 14.8 Å².